The normalized spacial score (nSPS) is 19.6. The summed E-state index contributed by atoms with van der Waals surface area (Å²) in [6.45, 7) is 2.86. The Hall–Kier alpha value is -1.26. The highest BCUT2D eigenvalue weighted by Gasteiger charge is 2.24. The Balaban J connectivity index is 1.81. The molecule has 0 bridgehead atoms. The molecule has 1 aliphatic heterocycles. The Morgan fingerprint density at radius 3 is 3.05 bits per heavy atom. The number of hydrogen-bond acceptors (Lipinski definition) is 3. The van der Waals surface area contributed by atoms with Gasteiger partial charge in [-0.3, -0.25) is 0 Å². The van der Waals surface area contributed by atoms with E-state index in [4.69, 9.17) is 9.15 Å². The van der Waals surface area contributed by atoms with E-state index in [1.165, 1.54) is 5.56 Å². The summed E-state index contributed by atoms with van der Waals surface area (Å²) in [5.41, 5.74) is 1.21. The Bertz CT molecular complexity index is 553. The second-order valence-electron chi connectivity index (χ2n) is 4.78. The summed E-state index contributed by atoms with van der Waals surface area (Å²) < 4.78 is 12.2. The Kier molecular flexibility index (Phi) is 3.62. The fraction of sp³-hybridized carbons (Fsp3) is 0.333. The van der Waals surface area contributed by atoms with Crippen LogP contribution in [0.4, 0.5) is 0 Å². The zero-order valence-corrected chi connectivity index (χ0v) is 12.3. The van der Waals surface area contributed by atoms with Gasteiger partial charge in [0, 0.05) is 22.5 Å². The van der Waals surface area contributed by atoms with E-state index in [0.29, 0.717) is 6.04 Å². The van der Waals surface area contributed by atoms with Gasteiger partial charge in [0.2, 0.25) is 0 Å². The van der Waals surface area contributed by atoms with E-state index in [2.05, 4.69) is 34.2 Å². The van der Waals surface area contributed by atoms with E-state index in [1.54, 1.807) is 6.26 Å². The van der Waals surface area contributed by atoms with Gasteiger partial charge in [0.25, 0.3) is 0 Å². The summed E-state index contributed by atoms with van der Waals surface area (Å²) in [4.78, 5) is 0. The molecule has 0 saturated heterocycles. The highest BCUT2D eigenvalue weighted by atomic mass is 79.9. The summed E-state index contributed by atoms with van der Waals surface area (Å²) in [5.74, 6) is 1.93. The van der Waals surface area contributed by atoms with Gasteiger partial charge in [-0.05, 0) is 37.3 Å². The van der Waals surface area contributed by atoms with Gasteiger partial charge in [-0.25, -0.2) is 0 Å². The van der Waals surface area contributed by atoms with E-state index in [0.717, 1.165) is 29.0 Å². The van der Waals surface area contributed by atoms with Crippen LogP contribution in [0, 0.1) is 0 Å². The lowest BCUT2D eigenvalue weighted by Gasteiger charge is -2.29. The number of rotatable bonds is 3. The highest BCUT2D eigenvalue weighted by molar-refractivity contribution is 9.10. The molecule has 0 spiro atoms. The van der Waals surface area contributed by atoms with E-state index < -0.39 is 0 Å². The molecule has 2 atom stereocenters. The SMILES string of the molecule is C[C@@H](NC1CCOc2ccc(Br)cc21)c1ccco1. The predicted octanol–water partition coefficient (Wildman–Crippen LogP) is 4.22. The van der Waals surface area contributed by atoms with Gasteiger partial charge < -0.3 is 14.5 Å². The second-order valence-corrected chi connectivity index (χ2v) is 5.69. The smallest absolute Gasteiger partial charge is 0.124 e. The number of fused-ring (bicyclic) bond motifs is 1. The quantitative estimate of drug-likeness (QED) is 0.919. The zero-order chi connectivity index (χ0) is 13.2. The van der Waals surface area contributed by atoms with E-state index >= 15 is 0 Å². The zero-order valence-electron chi connectivity index (χ0n) is 10.7. The van der Waals surface area contributed by atoms with Gasteiger partial charge in [-0.1, -0.05) is 15.9 Å². The van der Waals surface area contributed by atoms with Crippen molar-refractivity contribution in [2.24, 2.45) is 0 Å². The molecule has 0 aliphatic carbocycles. The fourth-order valence-corrected chi connectivity index (χ4v) is 2.84. The minimum Gasteiger partial charge on any atom is -0.493 e. The first-order valence-corrected chi connectivity index (χ1v) is 7.25. The lowest BCUT2D eigenvalue weighted by atomic mass is 9.99. The standard InChI is InChI=1S/C15H16BrNO2/c1-10(14-3-2-7-18-14)17-13-6-8-19-15-5-4-11(16)9-12(13)15/h2-5,7,9-10,13,17H,6,8H2,1H3/t10-,13?/m1/s1. The number of halogens is 1. The van der Waals surface area contributed by atoms with Crippen LogP contribution in [0.15, 0.2) is 45.5 Å². The van der Waals surface area contributed by atoms with Gasteiger partial charge >= 0.3 is 0 Å². The molecule has 3 nitrogen and oxygen atoms in total. The Morgan fingerprint density at radius 2 is 2.26 bits per heavy atom. The summed E-state index contributed by atoms with van der Waals surface area (Å²) in [6.07, 6.45) is 2.68. The van der Waals surface area contributed by atoms with Crippen molar-refractivity contribution in [3.63, 3.8) is 0 Å². The first kappa shape index (κ1) is 12.8. The molecule has 0 fully saturated rings. The van der Waals surface area contributed by atoms with Crippen molar-refractivity contribution < 1.29 is 9.15 Å². The maximum atomic E-state index is 5.70. The van der Waals surface area contributed by atoms with Crippen LogP contribution in [0.1, 0.15) is 36.8 Å². The molecule has 0 saturated carbocycles. The van der Waals surface area contributed by atoms with Crippen molar-refractivity contribution in [1.82, 2.24) is 5.32 Å². The van der Waals surface area contributed by atoms with Crippen molar-refractivity contribution in [3.8, 4) is 5.75 Å². The van der Waals surface area contributed by atoms with Crippen LogP contribution in [0.5, 0.6) is 5.75 Å². The van der Waals surface area contributed by atoms with Crippen LogP contribution in [0.25, 0.3) is 0 Å². The maximum Gasteiger partial charge on any atom is 0.124 e. The molecule has 0 amide bonds. The first-order valence-electron chi connectivity index (χ1n) is 6.46. The van der Waals surface area contributed by atoms with Crippen molar-refractivity contribution in [3.05, 3.63) is 52.4 Å². The lowest BCUT2D eigenvalue weighted by molar-refractivity contribution is 0.241. The number of benzene rings is 1. The molecule has 3 rings (SSSR count). The third-order valence-corrected chi connectivity index (χ3v) is 3.93. The summed E-state index contributed by atoms with van der Waals surface area (Å²) >= 11 is 3.52. The van der Waals surface area contributed by atoms with Crippen molar-refractivity contribution in [2.45, 2.75) is 25.4 Å². The topological polar surface area (TPSA) is 34.4 Å². The average Bonchev–Trinajstić information content (AvgIpc) is 2.93. The van der Waals surface area contributed by atoms with Gasteiger partial charge in [0.15, 0.2) is 0 Å². The molecule has 1 aromatic heterocycles. The van der Waals surface area contributed by atoms with Gasteiger partial charge in [-0.15, -0.1) is 0 Å². The van der Waals surface area contributed by atoms with E-state index in [9.17, 15) is 0 Å². The molecule has 100 valence electrons. The van der Waals surface area contributed by atoms with Crippen LogP contribution in [-0.4, -0.2) is 6.61 Å². The molecule has 4 heteroatoms. The molecular formula is C15H16BrNO2. The van der Waals surface area contributed by atoms with Gasteiger partial charge in [0.1, 0.15) is 11.5 Å². The molecule has 2 aromatic rings. The number of ether oxygens (including phenoxy) is 1. The Labute approximate surface area is 121 Å². The number of furan rings is 1. The van der Waals surface area contributed by atoms with Crippen LogP contribution in [0.3, 0.4) is 0 Å². The van der Waals surface area contributed by atoms with Crippen molar-refractivity contribution in [2.75, 3.05) is 6.61 Å². The third kappa shape index (κ3) is 2.69. The predicted molar refractivity (Wildman–Crippen MR) is 77.3 cm³/mol. The van der Waals surface area contributed by atoms with E-state index in [1.807, 2.05) is 24.3 Å². The van der Waals surface area contributed by atoms with Crippen LogP contribution < -0.4 is 10.1 Å². The summed E-state index contributed by atoms with van der Waals surface area (Å²) in [7, 11) is 0. The molecule has 0 radical (unpaired) electrons. The summed E-state index contributed by atoms with van der Waals surface area (Å²) in [6, 6.07) is 10.6. The van der Waals surface area contributed by atoms with E-state index in [-0.39, 0.29) is 6.04 Å². The molecule has 1 N–H and O–H groups in total. The van der Waals surface area contributed by atoms with Crippen LogP contribution in [0.2, 0.25) is 0 Å². The molecule has 19 heavy (non-hydrogen) atoms. The molecular weight excluding hydrogens is 306 g/mol. The molecule has 1 unspecified atom stereocenters. The second kappa shape index (κ2) is 5.39. The Morgan fingerprint density at radius 1 is 1.37 bits per heavy atom. The highest BCUT2D eigenvalue weighted by Crippen LogP contribution is 2.35. The first-order chi connectivity index (χ1) is 9.24. The number of hydrogen-bond donors (Lipinski definition) is 1. The van der Waals surface area contributed by atoms with Crippen LogP contribution >= 0.6 is 15.9 Å². The lowest BCUT2D eigenvalue weighted by Crippen LogP contribution is -2.29. The molecule has 2 heterocycles. The largest absolute Gasteiger partial charge is 0.493 e. The van der Waals surface area contributed by atoms with Gasteiger partial charge in [-0.2, -0.15) is 0 Å². The number of nitrogens with one attached hydrogen (secondary N) is 1. The molecule has 1 aromatic carbocycles. The van der Waals surface area contributed by atoms with Crippen molar-refractivity contribution in [1.29, 1.82) is 0 Å². The monoisotopic (exact) mass is 321 g/mol. The molecule has 1 aliphatic rings. The average molecular weight is 322 g/mol. The minimum atomic E-state index is 0.185. The van der Waals surface area contributed by atoms with Crippen LogP contribution in [-0.2, 0) is 0 Å². The summed E-state index contributed by atoms with van der Waals surface area (Å²) in [5, 5.41) is 3.61. The minimum absolute atomic E-state index is 0.185. The fourth-order valence-electron chi connectivity index (χ4n) is 2.46. The third-order valence-electron chi connectivity index (χ3n) is 3.43. The van der Waals surface area contributed by atoms with Crippen molar-refractivity contribution >= 4 is 15.9 Å². The maximum absolute atomic E-state index is 5.70. The van der Waals surface area contributed by atoms with Gasteiger partial charge in [0.05, 0.1) is 18.9 Å².